The Morgan fingerprint density at radius 1 is 1.14 bits per heavy atom. The average Bonchev–Trinajstić information content (AvgIpc) is 3.30. The number of rotatable bonds is 5. The molecule has 28 heavy (non-hydrogen) atoms. The van der Waals surface area contributed by atoms with Crippen LogP contribution in [0.25, 0.3) is 16.6 Å². The number of ether oxygens (including phenoxy) is 1. The van der Waals surface area contributed by atoms with E-state index in [0.29, 0.717) is 17.3 Å². The average molecular weight is 395 g/mol. The molecule has 0 aliphatic heterocycles. The van der Waals surface area contributed by atoms with Gasteiger partial charge in [0.1, 0.15) is 11.4 Å². The van der Waals surface area contributed by atoms with Crippen LogP contribution >= 0.6 is 11.6 Å². The second-order valence-corrected chi connectivity index (χ2v) is 6.75. The van der Waals surface area contributed by atoms with Crippen molar-refractivity contribution in [3.63, 3.8) is 0 Å². The lowest BCUT2D eigenvalue weighted by Gasteiger charge is -2.06. The summed E-state index contributed by atoms with van der Waals surface area (Å²) < 4.78 is 8.73. The fourth-order valence-corrected chi connectivity index (χ4v) is 3.56. The highest BCUT2D eigenvalue weighted by atomic mass is 35.5. The maximum absolute atomic E-state index is 12.7. The summed E-state index contributed by atoms with van der Waals surface area (Å²) in [6.45, 7) is 0.305. The molecule has 4 rings (SSSR count). The van der Waals surface area contributed by atoms with Crippen LogP contribution in [-0.2, 0) is 13.6 Å². The molecule has 1 amide bonds. The van der Waals surface area contributed by atoms with Crippen molar-refractivity contribution >= 4 is 28.4 Å². The number of nitrogens with one attached hydrogen (secondary N) is 1. The molecule has 0 spiro atoms. The minimum Gasteiger partial charge on any atom is -0.497 e. The zero-order valence-electron chi connectivity index (χ0n) is 15.5. The number of carbonyl (C=O) groups is 1. The van der Waals surface area contributed by atoms with Crippen LogP contribution in [0.2, 0.25) is 5.02 Å². The smallest absolute Gasteiger partial charge is 0.269 e. The van der Waals surface area contributed by atoms with Crippen LogP contribution in [-0.4, -0.2) is 27.4 Å². The number of fused-ring (bicyclic) bond motifs is 1. The van der Waals surface area contributed by atoms with E-state index in [1.54, 1.807) is 11.8 Å². The van der Waals surface area contributed by atoms with Gasteiger partial charge < -0.3 is 14.6 Å². The molecule has 1 N–H and O–H groups in total. The highest BCUT2D eigenvalue weighted by Crippen LogP contribution is 2.29. The predicted molar refractivity (Wildman–Crippen MR) is 109 cm³/mol. The summed E-state index contributed by atoms with van der Waals surface area (Å²) in [6, 6.07) is 17.1. The molecule has 0 aliphatic carbocycles. The molecule has 0 aliphatic rings. The molecule has 0 atom stereocenters. The van der Waals surface area contributed by atoms with Crippen LogP contribution in [0.3, 0.4) is 0 Å². The summed E-state index contributed by atoms with van der Waals surface area (Å²) in [5.74, 6) is 0.554. The molecule has 0 saturated carbocycles. The zero-order chi connectivity index (χ0) is 19.7. The third-order valence-electron chi connectivity index (χ3n) is 4.67. The van der Waals surface area contributed by atoms with Crippen molar-refractivity contribution in [2.24, 2.45) is 7.05 Å². The van der Waals surface area contributed by atoms with E-state index in [1.165, 1.54) is 0 Å². The van der Waals surface area contributed by atoms with Crippen molar-refractivity contribution < 1.29 is 9.53 Å². The van der Waals surface area contributed by atoms with Crippen LogP contribution in [0.15, 0.2) is 60.8 Å². The summed E-state index contributed by atoms with van der Waals surface area (Å²) in [5, 5.41) is 8.73. The highest BCUT2D eigenvalue weighted by molar-refractivity contribution is 6.38. The Morgan fingerprint density at radius 3 is 2.61 bits per heavy atom. The number of nitrogens with zero attached hydrogens (tertiary/aromatic N) is 3. The summed E-state index contributed by atoms with van der Waals surface area (Å²) in [4.78, 5) is 12.7. The van der Waals surface area contributed by atoms with E-state index in [1.807, 2.05) is 72.4 Å². The monoisotopic (exact) mass is 394 g/mol. The van der Waals surface area contributed by atoms with Gasteiger partial charge in [0.15, 0.2) is 0 Å². The first-order chi connectivity index (χ1) is 13.6. The Morgan fingerprint density at radius 2 is 1.89 bits per heavy atom. The second-order valence-electron chi connectivity index (χ2n) is 6.37. The van der Waals surface area contributed by atoms with Gasteiger partial charge >= 0.3 is 0 Å². The first-order valence-electron chi connectivity index (χ1n) is 8.78. The summed E-state index contributed by atoms with van der Waals surface area (Å²) in [6.07, 6.45) is 1.85. The molecule has 2 aromatic heterocycles. The SMILES string of the molecule is COc1ccc(-n2ccc(CNC(=O)c3c(Cl)c4ccccc4n3C)n2)cc1. The third kappa shape index (κ3) is 3.23. The Labute approximate surface area is 167 Å². The second kappa shape index (κ2) is 7.40. The Kier molecular flexibility index (Phi) is 4.79. The number of para-hydroxylation sites is 1. The molecule has 2 heterocycles. The number of carbonyl (C=O) groups excluding carboxylic acids is 1. The van der Waals surface area contributed by atoms with E-state index in [4.69, 9.17) is 16.3 Å². The first-order valence-corrected chi connectivity index (χ1v) is 9.16. The van der Waals surface area contributed by atoms with Gasteiger partial charge in [-0.1, -0.05) is 29.8 Å². The lowest BCUT2D eigenvalue weighted by molar-refractivity contribution is 0.0943. The first kappa shape index (κ1) is 18.1. The fourth-order valence-electron chi connectivity index (χ4n) is 3.19. The molecule has 142 valence electrons. The van der Waals surface area contributed by atoms with E-state index in [9.17, 15) is 4.79 Å². The topological polar surface area (TPSA) is 61.1 Å². The third-order valence-corrected chi connectivity index (χ3v) is 5.05. The number of aryl methyl sites for hydroxylation is 1. The Bertz CT molecular complexity index is 1110. The van der Waals surface area contributed by atoms with E-state index in [-0.39, 0.29) is 5.91 Å². The molecule has 0 bridgehead atoms. The van der Waals surface area contributed by atoms with Crippen molar-refractivity contribution in [2.75, 3.05) is 7.11 Å². The van der Waals surface area contributed by atoms with Crippen molar-refractivity contribution in [1.29, 1.82) is 0 Å². The van der Waals surface area contributed by atoms with Gasteiger partial charge in [0, 0.05) is 24.1 Å². The molecule has 0 radical (unpaired) electrons. The molecular weight excluding hydrogens is 376 g/mol. The summed E-state index contributed by atoms with van der Waals surface area (Å²) in [7, 11) is 3.47. The van der Waals surface area contributed by atoms with Gasteiger partial charge in [-0.25, -0.2) is 4.68 Å². The van der Waals surface area contributed by atoms with E-state index in [0.717, 1.165) is 28.0 Å². The van der Waals surface area contributed by atoms with Gasteiger partial charge in [-0.15, -0.1) is 0 Å². The quantitative estimate of drug-likeness (QED) is 0.557. The standard InChI is InChI=1S/C21H19ClN4O2/c1-25-18-6-4-3-5-17(18)19(22)20(25)21(27)23-13-14-11-12-26(24-14)15-7-9-16(28-2)10-8-15/h3-12H,13H2,1-2H3,(H,23,27). The maximum atomic E-state index is 12.7. The molecular formula is C21H19ClN4O2. The largest absolute Gasteiger partial charge is 0.497 e. The molecule has 7 heteroatoms. The molecule has 6 nitrogen and oxygen atoms in total. The van der Waals surface area contributed by atoms with Crippen molar-refractivity contribution in [2.45, 2.75) is 6.54 Å². The molecule has 0 saturated heterocycles. The number of methoxy groups -OCH3 is 1. The maximum Gasteiger partial charge on any atom is 0.269 e. The van der Waals surface area contributed by atoms with Crippen LogP contribution in [0.4, 0.5) is 0 Å². The Balaban J connectivity index is 1.49. The van der Waals surface area contributed by atoms with Gasteiger partial charge in [0.25, 0.3) is 5.91 Å². The van der Waals surface area contributed by atoms with Crippen molar-refractivity contribution in [3.8, 4) is 11.4 Å². The normalized spacial score (nSPS) is 11.0. The minimum atomic E-state index is -0.234. The highest BCUT2D eigenvalue weighted by Gasteiger charge is 2.19. The van der Waals surface area contributed by atoms with Crippen LogP contribution < -0.4 is 10.1 Å². The van der Waals surface area contributed by atoms with Gasteiger partial charge in [-0.2, -0.15) is 5.10 Å². The van der Waals surface area contributed by atoms with E-state index in [2.05, 4.69) is 10.4 Å². The number of benzene rings is 2. The van der Waals surface area contributed by atoms with Crippen molar-refractivity contribution in [1.82, 2.24) is 19.7 Å². The summed E-state index contributed by atoms with van der Waals surface area (Å²) in [5.41, 5.74) is 3.02. The van der Waals surface area contributed by atoms with Gasteiger partial charge in [0.05, 0.1) is 30.1 Å². The van der Waals surface area contributed by atoms with Gasteiger partial charge in [-0.3, -0.25) is 4.79 Å². The Hall–Kier alpha value is -3.25. The van der Waals surface area contributed by atoms with Crippen molar-refractivity contribution in [3.05, 3.63) is 77.2 Å². The minimum absolute atomic E-state index is 0.234. The van der Waals surface area contributed by atoms with E-state index >= 15 is 0 Å². The van der Waals surface area contributed by atoms with Crippen LogP contribution in [0, 0.1) is 0 Å². The number of halogens is 1. The summed E-state index contributed by atoms with van der Waals surface area (Å²) >= 11 is 6.44. The predicted octanol–water partition coefficient (Wildman–Crippen LogP) is 3.96. The number of hydrogen-bond donors (Lipinski definition) is 1. The zero-order valence-corrected chi connectivity index (χ0v) is 16.3. The fraction of sp³-hybridized carbons (Fsp3) is 0.143. The molecule has 0 fully saturated rings. The number of aromatic nitrogens is 3. The number of amides is 1. The number of hydrogen-bond acceptors (Lipinski definition) is 3. The lowest BCUT2D eigenvalue weighted by Crippen LogP contribution is -2.25. The lowest BCUT2D eigenvalue weighted by atomic mass is 10.2. The van der Waals surface area contributed by atoms with Gasteiger partial charge in [-0.05, 0) is 36.4 Å². The molecule has 4 aromatic rings. The van der Waals surface area contributed by atoms with Crippen LogP contribution in [0.5, 0.6) is 5.75 Å². The van der Waals surface area contributed by atoms with Crippen LogP contribution in [0.1, 0.15) is 16.2 Å². The molecule has 2 aromatic carbocycles. The molecule has 0 unspecified atom stereocenters. The van der Waals surface area contributed by atoms with Gasteiger partial charge in [0.2, 0.25) is 0 Å². The van der Waals surface area contributed by atoms with E-state index < -0.39 is 0 Å².